The van der Waals surface area contributed by atoms with E-state index in [4.69, 9.17) is 5.11 Å². The van der Waals surface area contributed by atoms with Crippen LogP contribution < -0.4 is 5.32 Å². The lowest BCUT2D eigenvalue weighted by Gasteiger charge is -2.13. The minimum Gasteiger partial charge on any atom is -0.396 e. The summed E-state index contributed by atoms with van der Waals surface area (Å²) in [5, 5.41) is 16.0. The number of carbonyl (C=O) groups is 1. The van der Waals surface area contributed by atoms with Crippen LogP contribution >= 0.6 is 0 Å². The molecular weight excluding hydrogens is 242 g/mol. The Morgan fingerprint density at radius 3 is 2.74 bits per heavy atom. The fraction of sp³-hybridized carbons (Fsp3) is 0.714. The van der Waals surface area contributed by atoms with Gasteiger partial charge in [-0.25, -0.2) is 0 Å². The lowest BCUT2D eigenvalue weighted by molar-refractivity contribution is 0.0935. The van der Waals surface area contributed by atoms with Crippen LogP contribution in [-0.4, -0.2) is 33.4 Å². The highest BCUT2D eigenvalue weighted by molar-refractivity contribution is 5.95. The predicted molar refractivity (Wildman–Crippen MR) is 75.1 cm³/mol. The Hall–Kier alpha value is -1.36. The van der Waals surface area contributed by atoms with Gasteiger partial charge in [-0.3, -0.25) is 9.48 Å². The van der Waals surface area contributed by atoms with E-state index in [1.165, 1.54) is 0 Å². The summed E-state index contributed by atoms with van der Waals surface area (Å²) in [6.45, 7) is 9.09. The third-order valence-corrected chi connectivity index (χ3v) is 3.06. The van der Waals surface area contributed by atoms with E-state index in [9.17, 15) is 4.79 Å². The van der Waals surface area contributed by atoms with Gasteiger partial charge in [0.2, 0.25) is 0 Å². The minimum absolute atomic E-state index is 0.0625. The number of hydrogen-bond acceptors (Lipinski definition) is 3. The number of aromatic nitrogens is 2. The van der Waals surface area contributed by atoms with Crippen molar-refractivity contribution in [3.05, 3.63) is 17.5 Å². The first-order chi connectivity index (χ1) is 8.95. The zero-order valence-corrected chi connectivity index (χ0v) is 12.3. The number of amides is 1. The maximum absolute atomic E-state index is 12.1. The highest BCUT2D eigenvalue weighted by atomic mass is 16.3. The lowest BCUT2D eigenvalue weighted by Crippen LogP contribution is -2.33. The van der Waals surface area contributed by atoms with Gasteiger partial charge in [0.05, 0.1) is 11.8 Å². The first kappa shape index (κ1) is 15.7. The fourth-order valence-corrected chi connectivity index (χ4v) is 1.97. The van der Waals surface area contributed by atoms with Gasteiger partial charge in [0, 0.05) is 24.9 Å². The molecule has 0 saturated carbocycles. The molecule has 0 radical (unpaired) electrons. The second-order valence-electron chi connectivity index (χ2n) is 5.46. The summed E-state index contributed by atoms with van der Waals surface area (Å²) in [6.07, 6.45) is 3.11. The van der Waals surface area contributed by atoms with Gasteiger partial charge in [-0.1, -0.05) is 13.8 Å². The number of nitrogens with one attached hydrogen (secondary N) is 1. The van der Waals surface area contributed by atoms with Crippen LogP contribution in [-0.2, 0) is 6.54 Å². The van der Waals surface area contributed by atoms with E-state index in [0.717, 1.165) is 18.7 Å². The molecule has 5 nitrogen and oxygen atoms in total. The zero-order valence-electron chi connectivity index (χ0n) is 12.3. The molecule has 0 aliphatic carbocycles. The van der Waals surface area contributed by atoms with Gasteiger partial charge in [-0.2, -0.15) is 5.10 Å². The Labute approximate surface area is 115 Å². The lowest BCUT2D eigenvalue weighted by atomic mass is 10.1. The molecule has 5 heteroatoms. The second kappa shape index (κ2) is 7.28. The molecule has 108 valence electrons. The molecule has 0 bridgehead atoms. The summed E-state index contributed by atoms with van der Waals surface area (Å²) < 4.78 is 1.87. The topological polar surface area (TPSA) is 67.2 Å². The summed E-state index contributed by atoms with van der Waals surface area (Å²) in [4.78, 5) is 12.1. The van der Waals surface area contributed by atoms with Gasteiger partial charge in [0.1, 0.15) is 0 Å². The third kappa shape index (κ3) is 4.67. The van der Waals surface area contributed by atoms with Crippen molar-refractivity contribution < 1.29 is 9.90 Å². The van der Waals surface area contributed by atoms with E-state index >= 15 is 0 Å². The van der Waals surface area contributed by atoms with Gasteiger partial charge in [0.15, 0.2) is 0 Å². The van der Waals surface area contributed by atoms with Crippen LogP contribution in [0.25, 0.3) is 0 Å². The summed E-state index contributed by atoms with van der Waals surface area (Å²) in [7, 11) is 0. The molecule has 1 unspecified atom stereocenters. The normalized spacial score (nSPS) is 12.7. The van der Waals surface area contributed by atoms with Crippen molar-refractivity contribution in [2.24, 2.45) is 5.92 Å². The van der Waals surface area contributed by atoms with Crippen LogP contribution in [0.1, 0.15) is 49.7 Å². The third-order valence-electron chi connectivity index (χ3n) is 3.06. The number of aliphatic hydroxyl groups is 1. The molecule has 0 spiro atoms. The van der Waals surface area contributed by atoms with Gasteiger partial charge >= 0.3 is 0 Å². The molecule has 1 heterocycles. The molecule has 1 atom stereocenters. The molecule has 0 aromatic carbocycles. The van der Waals surface area contributed by atoms with Crippen molar-refractivity contribution in [1.82, 2.24) is 15.1 Å². The predicted octanol–water partition coefficient (Wildman–Crippen LogP) is 1.74. The van der Waals surface area contributed by atoms with Gasteiger partial charge in [0.25, 0.3) is 5.91 Å². The molecule has 1 rings (SSSR count). The molecule has 1 aromatic rings. The van der Waals surface area contributed by atoms with Crippen LogP contribution in [0.4, 0.5) is 0 Å². The maximum Gasteiger partial charge on any atom is 0.254 e. The van der Waals surface area contributed by atoms with E-state index in [-0.39, 0.29) is 18.6 Å². The van der Waals surface area contributed by atoms with E-state index in [1.807, 2.05) is 18.5 Å². The van der Waals surface area contributed by atoms with Crippen LogP contribution in [0.2, 0.25) is 0 Å². The zero-order chi connectivity index (χ0) is 14.4. The van der Waals surface area contributed by atoms with E-state index < -0.39 is 0 Å². The smallest absolute Gasteiger partial charge is 0.254 e. The summed E-state index contributed by atoms with van der Waals surface area (Å²) in [5.41, 5.74) is 1.54. The van der Waals surface area contributed by atoms with Crippen LogP contribution in [0, 0.1) is 12.8 Å². The number of rotatable bonds is 7. The molecule has 0 aliphatic rings. The van der Waals surface area contributed by atoms with Crippen LogP contribution in [0.3, 0.4) is 0 Å². The second-order valence-corrected chi connectivity index (χ2v) is 5.46. The van der Waals surface area contributed by atoms with E-state index in [1.54, 1.807) is 6.20 Å². The Balaban J connectivity index is 2.64. The Kier molecular flexibility index (Phi) is 6.02. The van der Waals surface area contributed by atoms with Crippen molar-refractivity contribution in [3.63, 3.8) is 0 Å². The molecular formula is C14H25N3O2. The standard InChI is InChI=1S/C14H25N3O2/c1-10(2)9-17-12(4)13(8-15-17)14(19)16-11(3)6-5-7-18/h8,10-11,18H,5-7,9H2,1-4H3,(H,16,19). The van der Waals surface area contributed by atoms with Crippen molar-refractivity contribution in [2.45, 2.75) is 53.1 Å². The van der Waals surface area contributed by atoms with Crippen LogP contribution in [0.15, 0.2) is 6.20 Å². The van der Waals surface area contributed by atoms with Crippen molar-refractivity contribution in [3.8, 4) is 0 Å². The van der Waals surface area contributed by atoms with Crippen LogP contribution in [0.5, 0.6) is 0 Å². The van der Waals surface area contributed by atoms with Crippen molar-refractivity contribution >= 4 is 5.91 Å². The summed E-state index contributed by atoms with van der Waals surface area (Å²) in [5.74, 6) is 0.413. The van der Waals surface area contributed by atoms with Gasteiger partial charge in [-0.05, 0) is 32.6 Å². The molecule has 1 amide bonds. The molecule has 1 aromatic heterocycles. The molecule has 2 N–H and O–H groups in total. The Morgan fingerprint density at radius 1 is 1.47 bits per heavy atom. The average molecular weight is 267 g/mol. The fourth-order valence-electron chi connectivity index (χ4n) is 1.97. The Morgan fingerprint density at radius 2 is 2.16 bits per heavy atom. The monoisotopic (exact) mass is 267 g/mol. The number of aliphatic hydroxyl groups excluding tert-OH is 1. The average Bonchev–Trinajstić information content (AvgIpc) is 2.68. The van der Waals surface area contributed by atoms with Crippen molar-refractivity contribution in [2.75, 3.05) is 6.61 Å². The maximum atomic E-state index is 12.1. The first-order valence-corrected chi connectivity index (χ1v) is 6.89. The van der Waals surface area contributed by atoms with Crippen molar-refractivity contribution in [1.29, 1.82) is 0 Å². The highest BCUT2D eigenvalue weighted by Crippen LogP contribution is 2.10. The summed E-state index contributed by atoms with van der Waals surface area (Å²) in [6, 6.07) is 0.0625. The molecule has 0 saturated heterocycles. The number of hydrogen-bond donors (Lipinski definition) is 2. The first-order valence-electron chi connectivity index (χ1n) is 6.89. The van der Waals surface area contributed by atoms with Gasteiger partial charge in [-0.15, -0.1) is 0 Å². The summed E-state index contributed by atoms with van der Waals surface area (Å²) >= 11 is 0. The SMILES string of the molecule is Cc1c(C(=O)NC(C)CCCO)cnn1CC(C)C. The number of nitrogens with zero attached hydrogens (tertiary/aromatic N) is 2. The molecule has 0 aliphatic heterocycles. The van der Waals surface area contributed by atoms with Gasteiger partial charge < -0.3 is 10.4 Å². The minimum atomic E-state index is -0.0852. The quantitative estimate of drug-likeness (QED) is 0.790. The molecule has 19 heavy (non-hydrogen) atoms. The molecule has 0 fully saturated rings. The highest BCUT2D eigenvalue weighted by Gasteiger charge is 2.16. The van der Waals surface area contributed by atoms with E-state index in [0.29, 0.717) is 17.9 Å². The largest absolute Gasteiger partial charge is 0.396 e. The Bertz CT molecular complexity index is 413. The van der Waals surface area contributed by atoms with E-state index in [2.05, 4.69) is 24.3 Å². The number of carbonyl (C=O) groups excluding carboxylic acids is 1.